The molecule has 3 aromatic carbocycles. The first kappa shape index (κ1) is 15.5. The van der Waals surface area contributed by atoms with Crippen molar-refractivity contribution in [2.24, 2.45) is 5.73 Å². The number of nitriles is 1. The van der Waals surface area contributed by atoms with Crippen molar-refractivity contribution in [1.82, 2.24) is 0 Å². The largest absolute Gasteiger partial charge is 0.440 e. The lowest BCUT2D eigenvalue weighted by Gasteiger charge is -2.28. The number of halogens is 2. The lowest BCUT2D eigenvalue weighted by atomic mass is 9.81. The molecule has 0 radical (unpaired) electrons. The predicted molar refractivity (Wildman–Crippen MR) is 94.7 cm³/mol. The van der Waals surface area contributed by atoms with Crippen LogP contribution in [0.1, 0.15) is 17.0 Å². The molecule has 5 heteroatoms. The van der Waals surface area contributed by atoms with Crippen molar-refractivity contribution in [2.75, 3.05) is 0 Å². The Labute approximate surface area is 148 Å². The molecule has 3 nitrogen and oxygen atoms in total. The normalized spacial score (nSPS) is 16.3. The van der Waals surface area contributed by atoms with Crippen LogP contribution in [0.2, 0.25) is 5.02 Å². The van der Waals surface area contributed by atoms with E-state index in [0.717, 1.165) is 10.8 Å². The van der Waals surface area contributed by atoms with E-state index in [1.54, 1.807) is 12.1 Å². The maximum Gasteiger partial charge on any atom is 0.205 e. The van der Waals surface area contributed by atoms with E-state index in [-0.39, 0.29) is 22.0 Å². The summed E-state index contributed by atoms with van der Waals surface area (Å²) in [6, 6.07) is 17.9. The van der Waals surface area contributed by atoms with Crippen molar-refractivity contribution in [2.45, 2.75) is 5.92 Å². The van der Waals surface area contributed by atoms with Crippen LogP contribution in [-0.2, 0) is 0 Å². The topological polar surface area (TPSA) is 59.0 Å². The molecule has 1 aliphatic rings. The van der Waals surface area contributed by atoms with Crippen molar-refractivity contribution in [3.63, 3.8) is 0 Å². The van der Waals surface area contributed by atoms with E-state index in [1.165, 1.54) is 12.1 Å². The molecule has 0 saturated heterocycles. The van der Waals surface area contributed by atoms with Crippen LogP contribution in [0.3, 0.4) is 0 Å². The second-order valence-corrected chi connectivity index (χ2v) is 6.17. The summed E-state index contributed by atoms with van der Waals surface area (Å²) in [4.78, 5) is 0. The molecule has 0 saturated carbocycles. The summed E-state index contributed by atoms with van der Waals surface area (Å²) < 4.78 is 20.3. The summed E-state index contributed by atoms with van der Waals surface area (Å²) in [5, 5.41) is 11.7. The first-order valence-corrected chi connectivity index (χ1v) is 8.02. The molecular weight excluding hydrogens is 339 g/mol. The van der Waals surface area contributed by atoms with Gasteiger partial charge in [-0.15, -0.1) is 0 Å². The Hall–Kier alpha value is -3.03. The molecule has 1 heterocycles. The van der Waals surface area contributed by atoms with Crippen molar-refractivity contribution in [3.05, 3.63) is 88.0 Å². The average Bonchev–Trinajstić information content (AvgIpc) is 2.61. The first-order chi connectivity index (χ1) is 12.1. The zero-order valence-electron chi connectivity index (χ0n) is 13.0. The second-order valence-electron chi connectivity index (χ2n) is 5.76. The van der Waals surface area contributed by atoms with Gasteiger partial charge in [0.15, 0.2) is 0 Å². The van der Waals surface area contributed by atoms with Crippen molar-refractivity contribution >= 4 is 22.4 Å². The summed E-state index contributed by atoms with van der Waals surface area (Å²) in [6.07, 6.45) is 0. The molecular formula is C20H12ClFN2O. The van der Waals surface area contributed by atoms with Crippen LogP contribution in [0, 0.1) is 17.1 Å². The fraction of sp³-hybridized carbons (Fsp3) is 0.0500. The highest BCUT2D eigenvalue weighted by Crippen LogP contribution is 2.47. The smallest absolute Gasteiger partial charge is 0.205 e. The van der Waals surface area contributed by atoms with E-state index in [4.69, 9.17) is 22.1 Å². The van der Waals surface area contributed by atoms with Crippen molar-refractivity contribution in [1.29, 1.82) is 5.26 Å². The van der Waals surface area contributed by atoms with Gasteiger partial charge in [-0.2, -0.15) is 5.26 Å². The predicted octanol–water partition coefficient (Wildman–Crippen LogP) is 4.85. The van der Waals surface area contributed by atoms with Crippen LogP contribution in [0.5, 0.6) is 5.75 Å². The molecule has 0 unspecified atom stereocenters. The van der Waals surface area contributed by atoms with Crippen LogP contribution >= 0.6 is 11.6 Å². The fourth-order valence-corrected chi connectivity index (χ4v) is 3.59. The summed E-state index contributed by atoms with van der Waals surface area (Å²) in [6.45, 7) is 0. The lowest BCUT2D eigenvalue weighted by molar-refractivity contribution is 0.394. The van der Waals surface area contributed by atoms with Gasteiger partial charge >= 0.3 is 0 Å². The van der Waals surface area contributed by atoms with Gasteiger partial charge in [0.1, 0.15) is 23.2 Å². The Balaban J connectivity index is 2.13. The SMILES string of the molecule is N#CC1=C(N)Oc2ccc3ccccc3c2[C@H]1c1c(F)cccc1Cl. The minimum Gasteiger partial charge on any atom is -0.440 e. The number of ether oxygens (including phenoxy) is 1. The third-order valence-electron chi connectivity index (χ3n) is 4.40. The van der Waals surface area contributed by atoms with E-state index in [9.17, 15) is 9.65 Å². The number of rotatable bonds is 1. The van der Waals surface area contributed by atoms with Gasteiger partial charge in [0, 0.05) is 16.1 Å². The van der Waals surface area contributed by atoms with Gasteiger partial charge in [-0.25, -0.2) is 4.39 Å². The highest BCUT2D eigenvalue weighted by molar-refractivity contribution is 6.31. The Morgan fingerprint density at radius 3 is 2.60 bits per heavy atom. The highest BCUT2D eigenvalue weighted by atomic mass is 35.5. The number of allylic oxidation sites excluding steroid dienone is 1. The lowest BCUT2D eigenvalue weighted by Crippen LogP contribution is -2.22. The molecule has 0 bridgehead atoms. The van der Waals surface area contributed by atoms with Gasteiger partial charge in [0.25, 0.3) is 0 Å². The Morgan fingerprint density at radius 2 is 1.84 bits per heavy atom. The highest BCUT2D eigenvalue weighted by Gasteiger charge is 2.35. The number of nitrogens with two attached hydrogens (primary N) is 1. The molecule has 1 atom stereocenters. The van der Waals surface area contributed by atoms with Crippen LogP contribution in [-0.4, -0.2) is 0 Å². The third-order valence-corrected chi connectivity index (χ3v) is 4.73. The van der Waals surface area contributed by atoms with Crippen LogP contribution in [0.4, 0.5) is 4.39 Å². The molecule has 0 aliphatic carbocycles. The molecule has 0 spiro atoms. The minimum atomic E-state index is -0.728. The molecule has 4 rings (SSSR count). The van der Waals surface area contributed by atoms with Gasteiger partial charge < -0.3 is 10.5 Å². The molecule has 0 amide bonds. The number of benzene rings is 3. The van der Waals surface area contributed by atoms with E-state index in [0.29, 0.717) is 11.3 Å². The molecule has 25 heavy (non-hydrogen) atoms. The summed E-state index contributed by atoms with van der Waals surface area (Å²) in [5.41, 5.74) is 7.01. The first-order valence-electron chi connectivity index (χ1n) is 7.65. The molecule has 0 fully saturated rings. The summed E-state index contributed by atoms with van der Waals surface area (Å²) in [7, 11) is 0. The van der Waals surface area contributed by atoms with Crippen molar-refractivity contribution < 1.29 is 9.13 Å². The van der Waals surface area contributed by atoms with Crippen LogP contribution < -0.4 is 10.5 Å². The number of hydrogen-bond acceptors (Lipinski definition) is 3. The maximum atomic E-state index is 14.7. The molecule has 2 N–H and O–H groups in total. The van der Waals surface area contributed by atoms with E-state index in [1.807, 2.05) is 30.3 Å². The second kappa shape index (κ2) is 5.80. The zero-order chi connectivity index (χ0) is 17.6. The summed E-state index contributed by atoms with van der Waals surface area (Å²) in [5.74, 6) is -0.749. The van der Waals surface area contributed by atoms with Gasteiger partial charge in [-0.3, -0.25) is 0 Å². The maximum absolute atomic E-state index is 14.7. The standard InChI is InChI=1S/C20H12ClFN2O/c21-14-6-3-7-15(22)19(14)18-13(10-23)20(24)25-16-9-8-11-4-1-2-5-12(11)17(16)18/h1-9,18H,24H2/t18-/m0/s1. The number of fused-ring (bicyclic) bond motifs is 3. The molecule has 122 valence electrons. The number of nitrogens with zero attached hydrogens (tertiary/aromatic N) is 1. The van der Waals surface area contributed by atoms with Crippen molar-refractivity contribution in [3.8, 4) is 11.8 Å². The monoisotopic (exact) mass is 350 g/mol. The Kier molecular flexibility index (Phi) is 3.60. The van der Waals surface area contributed by atoms with E-state index in [2.05, 4.69) is 6.07 Å². The minimum absolute atomic E-state index is 0.0328. The Morgan fingerprint density at radius 1 is 1.04 bits per heavy atom. The van der Waals surface area contributed by atoms with Gasteiger partial charge in [-0.05, 0) is 29.0 Å². The number of hydrogen-bond donors (Lipinski definition) is 1. The van der Waals surface area contributed by atoms with Crippen LogP contribution in [0.25, 0.3) is 10.8 Å². The molecule has 0 aromatic heterocycles. The van der Waals surface area contributed by atoms with Gasteiger partial charge in [0.05, 0.1) is 5.92 Å². The molecule has 3 aromatic rings. The van der Waals surface area contributed by atoms with Gasteiger partial charge in [-0.1, -0.05) is 48.0 Å². The zero-order valence-corrected chi connectivity index (χ0v) is 13.7. The molecule has 1 aliphatic heterocycles. The quantitative estimate of drug-likeness (QED) is 0.682. The Bertz CT molecular complexity index is 1060. The van der Waals surface area contributed by atoms with Crippen LogP contribution in [0.15, 0.2) is 66.1 Å². The fourth-order valence-electron chi connectivity index (χ4n) is 3.32. The van der Waals surface area contributed by atoms with E-state index < -0.39 is 11.7 Å². The van der Waals surface area contributed by atoms with Gasteiger partial charge in [0.2, 0.25) is 5.88 Å². The average molecular weight is 351 g/mol. The third kappa shape index (κ3) is 2.33. The summed E-state index contributed by atoms with van der Waals surface area (Å²) >= 11 is 6.30. The van der Waals surface area contributed by atoms with E-state index >= 15 is 0 Å².